The zero-order valence-corrected chi connectivity index (χ0v) is 15.6. The lowest BCUT2D eigenvalue weighted by molar-refractivity contribution is 0.0954. The van der Waals surface area contributed by atoms with Crippen molar-refractivity contribution in [2.75, 3.05) is 6.54 Å². The molecule has 26 heavy (non-hydrogen) atoms. The van der Waals surface area contributed by atoms with Gasteiger partial charge in [0, 0.05) is 24.5 Å². The highest BCUT2D eigenvalue weighted by Gasteiger charge is 2.14. The number of benzene rings is 2. The van der Waals surface area contributed by atoms with Crippen LogP contribution in [0.1, 0.15) is 42.3 Å². The average Bonchev–Trinajstić information content (AvgIpc) is 3.16. The third-order valence-electron chi connectivity index (χ3n) is 4.42. The van der Waals surface area contributed by atoms with Crippen molar-refractivity contribution in [2.24, 2.45) is 0 Å². The maximum atomic E-state index is 12.3. The molecule has 0 aliphatic rings. The molecule has 0 aliphatic heterocycles. The van der Waals surface area contributed by atoms with Gasteiger partial charge in [-0.3, -0.25) is 4.79 Å². The summed E-state index contributed by atoms with van der Waals surface area (Å²) < 4.78 is 1.83. The largest absolute Gasteiger partial charge is 0.352 e. The van der Waals surface area contributed by atoms with Crippen LogP contribution in [0.4, 0.5) is 0 Å². The first-order valence-corrected chi connectivity index (χ1v) is 8.91. The smallest absolute Gasteiger partial charge is 0.251 e. The zero-order valence-electron chi connectivity index (χ0n) is 15.6. The van der Waals surface area contributed by atoms with Crippen molar-refractivity contribution >= 4 is 5.91 Å². The fourth-order valence-electron chi connectivity index (χ4n) is 2.78. The predicted molar refractivity (Wildman–Crippen MR) is 105 cm³/mol. The average molecular weight is 347 g/mol. The molecule has 2 aromatic carbocycles. The summed E-state index contributed by atoms with van der Waals surface area (Å²) in [6, 6.07) is 18.0. The van der Waals surface area contributed by atoms with E-state index < -0.39 is 0 Å². The van der Waals surface area contributed by atoms with Crippen LogP contribution >= 0.6 is 0 Å². The van der Waals surface area contributed by atoms with E-state index in [-0.39, 0.29) is 11.3 Å². The Kier molecular flexibility index (Phi) is 5.21. The van der Waals surface area contributed by atoms with E-state index in [2.05, 4.69) is 43.3 Å². The molecule has 0 fully saturated rings. The van der Waals surface area contributed by atoms with Crippen LogP contribution in [-0.2, 0) is 11.8 Å². The van der Waals surface area contributed by atoms with Gasteiger partial charge in [0.2, 0.25) is 0 Å². The predicted octanol–water partition coefficient (Wildman–Crippen LogP) is 4.14. The highest BCUT2D eigenvalue weighted by Crippen LogP contribution is 2.22. The maximum absolute atomic E-state index is 12.3. The van der Waals surface area contributed by atoms with Crippen LogP contribution in [0.25, 0.3) is 5.69 Å². The van der Waals surface area contributed by atoms with E-state index in [1.165, 1.54) is 11.1 Å². The van der Waals surface area contributed by atoms with Crippen LogP contribution in [0.2, 0.25) is 0 Å². The van der Waals surface area contributed by atoms with E-state index in [0.29, 0.717) is 12.1 Å². The second kappa shape index (κ2) is 7.56. The van der Waals surface area contributed by atoms with Crippen molar-refractivity contribution in [1.82, 2.24) is 15.1 Å². The van der Waals surface area contributed by atoms with Gasteiger partial charge in [-0.2, -0.15) is 5.10 Å². The molecule has 0 bridgehead atoms. The minimum absolute atomic E-state index is 0.0291. The Morgan fingerprint density at radius 1 is 1.04 bits per heavy atom. The summed E-state index contributed by atoms with van der Waals surface area (Å²) in [4.78, 5) is 12.3. The molecule has 134 valence electrons. The van der Waals surface area contributed by atoms with Gasteiger partial charge in [-0.25, -0.2) is 4.68 Å². The van der Waals surface area contributed by atoms with Gasteiger partial charge >= 0.3 is 0 Å². The van der Waals surface area contributed by atoms with E-state index >= 15 is 0 Å². The van der Waals surface area contributed by atoms with Gasteiger partial charge in [0.15, 0.2) is 0 Å². The Hall–Kier alpha value is -2.88. The standard InChI is InChI=1S/C22H25N3O/c1-22(2,3)19-9-7-18(8-10-19)21(26)23-15-13-17-5-11-20(12-6-17)25-16-4-14-24-25/h4-12,14,16H,13,15H2,1-3H3,(H,23,26). The monoisotopic (exact) mass is 347 g/mol. The first kappa shape index (κ1) is 17.9. The van der Waals surface area contributed by atoms with Crippen molar-refractivity contribution in [2.45, 2.75) is 32.6 Å². The van der Waals surface area contributed by atoms with Crippen LogP contribution in [0.15, 0.2) is 67.0 Å². The SMILES string of the molecule is CC(C)(C)c1ccc(C(=O)NCCc2ccc(-n3cccn3)cc2)cc1. The minimum atomic E-state index is -0.0291. The summed E-state index contributed by atoms with van der Waals surface area (Å²) in [5.74, 6) is -0.0291. The fraction of sp³-hybridized carbons (Fsp3) is 0.273. The van der Waals surface area contributed by atoms with Crippen LogP contribution in [0, 0.1) is 0 Å². The lowest BCUT2D eigenvalue weighted by atomic mass is 9.87. The number of carbonyl (C=O) groups excluding carboxylic acids is 1. The summed E-state index contributed by atoms with van der Waals surface area (Å²) in [7, 11) is 0. The van der Waals surface area contributed by atoms with Crippen molar-refractivity contribution in [3.05, 3.63) is 83.7 Å². The second-order valence-corrected chi connectivity index (χ2v) is 7.45. The number of nitrogens with one attached hydrogen (secondary N) is 1. The molecule has 4 heteroatoms. The fourth-order valence-corrected chi connectivity index (χ4v) is 2.78. The molecule has 0 unspecified atom stereocenters. The van der Waals surface area contributed by atoms with Crippen LogP contribution in [0.5, 0.6) is 0 Å². The number of rotatable bonds is 5. The number of hydrogen-bond acceptors (Lipinski definition) is 2. The number of aromatic nitrogens is 2. The Morgan fingerprint density at radius 3 is 2.31 bits per heavy atom. The van der Waals surface area contributed by atoms with Crippen molar-refractivity contribution < 1.29 is 4.79 Å². The zero-order chi connectivity index (χ0) is 18.6. The first-order chi connectivity index (χ1) is 12.4. The number of carbonyl (C=O) groups is 1. The third-order valence-corrected chi connectivity index (χ3v) is 4.42. The Balaban J connectivity index is 1.52. The lowest BCUT2D eigenvalue weighted by Crippen LogP contribution is -2.25. The molecular formula is C22H25N3O. The maximum Gasteiger partial charge on any atom is 0.251 e. The van der Waals surface area contributed by atoms with Gasteiger partial charge < -0.3 is 5.32 Å². The van der Waals surface area contributed by atoms with Gasteiger partial charge in [0.1, 0.15) is 0 Å². The van der Waals surface area contributed by atoms with E-state index in [0.717, 1.165) is 12.1 Å². The van der Waals surface area contributed by atoms with Crippen LogP contribution in [-0.4, -0.2) is 22.2 Å². The highest BCUT2D eigenvalue weighted by atomic mass is 16.1. The number of nitrogens with zero attached hydrogens (tertiary/aromatic N) is 2. The molecule has 4 nitrogen and oxygen atoms in total. The molecule has 0 saturated carbocycles. The quantitative estimate of drug-likeness (QED) is 0.754. The highest BCUT2D eigenvalue weighted by molar-refractivity contribution is 5.94. The molecular weight excluding hydrogens is 322 g/mol. The topological polar surface area (TPSA) is 46.9 Å². The third kappa shape index (κ3) is 4.39. The molecule has 1 amide bonds. The number of hydrogen-bond donors (Lipinski definition) is 1. The Labute approximate surface area is 154 Å². The molecule has 1 aromatic heterocycles. The van der Waals surface area contributed by atoms with Crippen molar-refractivity contribution in [1.29, 1.82) is 0 Å². The summed E-state index contributed by atoms with van der Waals surface area (Å²) in [5, 5.41) is 7.21. The van der Waals surface area contributed by atoms with E-state index in [9.17, 15) is 4.79 Å². The lowest BCUT2D eigenvalue weighted by Gasteiger charge is -2.19. The Bertz CT molecular complexity index is 842. The first-order valence-electron chi connectivity index (χ1n) is 8.91. The molecule has 3 aromatic rings. The van der Waals surface area contributed by atoms with Crippen molar-refractivity contribution in [3.8, 4) is 5.69 Å². The van der Waals surface area contributed by atoms with E-state index in [1.807, 2.05) is 53.3 Å². The molecule has 3 rings (SSSR count). The van der Waals surface area contributed by atoms with E-state index in [4.69, 9.17) is 0 Å². The summed E-state index contributed by atoms with van der Waals surface area (Å²) in [6.07, 6.45) is 4.48. The minimum Gasteiger partial charge on any atom is -0.352 e. The van der Waals surface area contributed by atoms with Gasteiger partial charge in [-0.05, 0) is 53.3 Å². The normalized spacial score (nSPS) is 11.3. The van der Waals surface area contributed by atoms with Gasteiger partial charge in [0.25, 0.3) is 5.91 Å². The van der Waals surface area contributed by atoms with E-state index in [1.54, 1.807) is 6.20 Å². The van der Waals surface area contributed by atoms with Gasteiger partial charge in [-0.15, -0.1) is 0 Å². The summed E-state index contributed by atoms with van der Waals surface area (Å²) >= 11 is 0. The molecule has 1 N–H and O–H groups in total. The number of amides is 1. The van der Waals surface area contributed by atoms with Crippen molar-refractivity contribution in [3.63, 3.8) is 0 Å². The summed E-state index contributed by atoms with van der Waals surface area (Å²) in [6.45, 7) is 7.11. The molecule has 0 aliphatic carbocycles. The Morgan fingerprint density at radius 2 is 1.73 bits per heavy atom. The van der Waals surface area contributed by atoms with Gasteiger partial charge in [-0.1, -0.05) is 45.0 Å². The van der Waals surface area contributed by atoms with Crippen LogP contribution < -0.4 is 5.32 Å². The second-order valence-electron chi connectivity index (χ2n) is 7.45. The molecule has 0 saturated heterocycles. The van der Waals surface area contributed by atoms with Gasteiger partial charge in [0.05, 0.1) is 5.69 Å². The van der Waals surface area contributed by atoms with Crippen LogP contribution in [0.3, 0.4) is 0 Å². The molecule has 0 atom stereocenters. The summed E-state index contributed by atoms with van der Waals surface area (Å²) in [5.41, 5.74) is 4.24. The molecule has 0 spiro atoms. The molecule has 1 heterocycles. The molecule has 0 radical (unpaired) electrons.